The van der Waals surface area contributed by atoms with E-state index in [1.807, 2.05) is 0 Å². The number of ether oxygens (including phenoxy) is 1. The van der Waals surface area contributed by atoms with Crippen molar-refractivity contribution in [2.24, 2.45) is 0 Å². The first-order valence-corrected chi connectivity index (χ1v) is 6.01. The lowest BCUT2D eigenvalue weighted by atomic mass is 10.2. The van der Waals surface area contributed by atoms with Crippen LogP contribution in [-0.2, 0) is 14.9 Å². The van der Waals surface area contributed by atoms with Crippen LogP contribution in [0.5, 0.6) is 0 Å². The van der Waals surface area contributed by atoms with Crippen LogP contribution >= 0.6 is 0 Å². The molecule has 17 heavy (non-hydrogen) atoms. The second kappa shape index (κ2) is 4.69. The molecule has 0 heterocycles. The van der Waals surface area contributed by atoms with Gasteiger partial charge in [-0.3, -0.25) is 4.55 Å². The van der Waals surface area contributed by atoms with Crippen molar-refractivity contribution in [3.05, 3.63) is 0 Å². The van der Waals surface area contributed by atoms with Gasteiger partial charge in [-0.05, 0) is 20.8 Å². The van der Waals surface area contributed by atoms with Gasteiger partial charge < -0.3 is 4.74 Å². The molecule has 0 aliphatic heterocycles. The fourth-order valence-electron chi connectivity index (χ4n) is 0.820. The van der Waals surface area contributed by atoms with E-state index in [-0.39, 0.29) is 0 Å². The number of hydrogen-bond acceptors (Lipinski definition) is 3. The van der Waals surface area contributed by atoms with Crippen LogP contribution in [0.3, 0.4) is 0 Å². The van der Waals surface area contributed by atoms with Crippen molar-refractivity contribution in [2.45, 2.75) is 44.0 Å². The quantitative estimate of drug-likeness (QED) is 0.621. The number of alkyl halides is 4. The second-order valence-electron chi connectivity index (χ2n) is 4.41. The van der Waals surface area contributed by atoms with Crippen molar-refractivity contribution < 1.29 is 35.3 Å². The Hall–Kier alpha value is -0.410. The Morgan fingerprint density at radius 2 is 1.53 bits per heavy atom. The lowest BCUT2D eigenvalue weighted by Gasteiger charge is -2.26. The van der Waals surface area contributed by atoms with Gasteiger partial charge in [-0.15, -0.1) is 0 Å². The zero-order valence-corrected chi connectivity index (χ0v) is 10.3. The normalized spacial score (nSPS) is 15.1. The van der Waals surface area contributed by atoms with Crippen molar-refractivity contribution in [2.75, 3.05) is 6.61 Å². The largest absolute Gasteiger partial charge is 0.431 e. The SMILES string of the molecule is CC(C)(C)OCCC(F)(F)C(F)(F)S(=O)(=O)O. The summed E-state index contributed by atoms with van der Waals surface area (Å²) < 4.78 is 84.3. The van der Waals surface area contributed by atoms with E-state index >= 15 is 0 Å². The maximum atomic E-state index is 12.9. The lowest BCUT2D eigenvalue weighted by molar-refractivity contribution is -0.176. The van der Waals surface area contributed by atoms with Crippen molar-refractivity contribution in [3.8, 4) is 0 Å². The smallest absolute Gasteiger partial charge is 0.376 e. The van der Waals surface area contributed by atoms with E-state index in [1.54, 1.807) is 0 Å². The maximum Gasteiger partial charge on any atom is 0.431 e. The minimum Gasteiger partial charge on any atom is -0.376 e. The summed E-state index contributed by atoms with van der Waals surface area (Å²) in [6, 6.07) is 0. The molecule has 0 aliphatic rings. The van der Waals surface area contributed by atoms with E-state index < -0.39 is 39.9 Å². The third kappa shape index (κ3) is 4.40. The highest BCUT2D eigenvalue weighted by Gasteiger charge is 2.65. The molecule has 4 nitrogen and oxygen atoms in total. The van der Waals surface area contributed by atoms with Crippen LogP contribution in [-0.4, -0.2) is 36.4 Å². The van der Waals surface area contributed by atoms with E-state index in [0.717, 1.165) is 0 Å². The Morgan fingerprint density at radius 3 is 1.82 bits per heavy atom. The fraction of sp³-hybridized carbons (Fsp3) is 1.00. The predicted octanol–water partition coefficient (Wildman–Crippen LogP) is 2.31. The van der Waals surface area contributed by atoms with Gasteiger partial charge >= 0.3 is 21.3 Å². The first kappa shape index (κ1) is 16.6. The van der Waals surface area contributed by atoms with E-state index in [0.29, 0.717) is 0 Å². The van der Waals surface area contributed by atoms with Crippen molar-refractivity contribution in [3.63, 3.8) is 0 Å². The highest BCUT2D eigenvalue weighted by Crippen LogP contribution is 2.40. The Bertz CT molecular complexity index is 358. The standard InChI is InChI=1S/C8H14F4O4S/c1-6(2,3)16-5-4-7(9,10)8(11,12)17(13,14)15/h4-5H2,1-3H3,(H,13,14,15). The molecule has 1 N–H and O–H groups in total. The summed E-state index contributed by atoms with van der Waals surface area (Å²) in [6.45, 7) is 3.80. The molecule has 0 amide bonds. The summed E-state index contributed by atoms with van der Waals surface area (Å²) in [6.07, 6.45) is -1.52. The predicted molar refractivity (Wildman–Crippen MR) is 51.8 cm³/mol. The van der Waals surface area contributed by atoms with Crippen LogP contribution in [0.25, 0.3) is 0 Å². The third-order valence-corrected chi connectivity index (χ3v) is 2.65. The molecule has 0 aromatic rings. The highest BCUT2D eigenvalue weighted by molar-refractivity contribution is 7.87. The van der Waals surface area contributed by atoms with E-state index in [2.05, 4.69) is 0 Å². The van der Waals surface area contributed by atoms with Gasteiger partial charge in [0.05, 0.1) is 12.2 Å². The topological polar surface area (TPSA) is 63.6 Å². The Morgan fingerprint density at radius 1 is 1.12 bits per heavy atom. The monoisotopic (exact) mass is 282 g/mol. The molecule has 0 spiro atoms. The van der Waals surface area contributed by atoms with Gasteiger partial charge in [0.1, 0.15) is 0 Å². The van der Waals surface area contributed by atoms with Crippen LogP contribution in [0.15, 0.2) is 0 Å². The fourth-order valence-corrected chi connectivity index (χ4v) is 1.30. The van der Waals surface area contributed by atoms with Gasteiger partial charge in [0.25, 0.3) is 0 Å². The molecule has 0 aliphatic carbocycles. The summed E-state index contributed by atoms with van der Waals surface area (Å²) in [5.41, 5.74) is -0.816. The van der Waals surface area contributed by atoms with Gasteiger partial charge in [0, 0.05) is 6.42 Å². The molecular formula is C8H14F4O4S. The van der Waals surface area contributed by atoms with Gasteiger partial charge in [0.15, 0.2) is 0 Å². The molecule has 0 rings (SSSR count). The minimum atomic E-state index is -6.16. The van der Waals surface area contributed by atoms with E-state index in [1.165, 1.54) is 20.8 Å². The van der Waals surface area contributed by atoms with Crippen molar-refractivity contribution in [1.82, 2.24) is 0 Å². The molecule has 0 atom stereocenters. The first-order chi connectivity index (χ1) is 7.21. The average molecular weight is 282 g/mol. The molecule has 0 fully saturated rings. The zero-order chi connectivity index (χ0) is 14.1. The number of halogens is 4. The molecule has 0 aromatic heterocycles. The number of hydrogen-bond donors (Lipinski definition) is 1. The van der Waals surface area contributed by atoms with Gasteiger partial charge in [-0.25, -0.2) is 0 Å². The molecule has 104 valence electrons. The third-order valence-electron chi connectivity index (χ3n) is 1.70. The number of rotatable bonds is 5. The van der Waals surface area contributed by atoms with Gasteiger partial charge in [-0.1, -0.05) is 0 Å². The summed E-state index contributed by atoms with van der Waals surface area (Å²) in [5, 5.41) is -5.53. The van der Waals surface area contributed by atoms with Gasteiger partial charge in [-0.2, -0.15) is 26.0 Å². The molecule has 9 heteroatoms. The van der Waals surface area contributed by atoms with E-state index in [4.69, 9.17) is 9.29 Å². The Labute approximate surface area is 96.7 Å². The average Bonchev–Trinajstić information content (AvgIpc) is 1.98. The highest BCUT2D eigenvalue weighted by atomic mass is 32.2. The van der Waals surface area contributed by atoms with Crippen LogP contribution in [0.1, 0.15) is 27.2 Å². The zero-order valence-electron chi connectivity index (χ0n) is 9.51. The van der Waals surface area contributed by atoms with Crippen molar-refractivity contribution >= 4 is 10.1 Å². The van der Waals surface area contributed by atoms with Gasteiger partial charge in [0.2, 0.25) is 0 Å². The second-order valence-corrected chi connectivity index (χ2v) is 5.87. The summed E-state index contributed by atoms with van der Waals surface area (Å²) >= 11 is 0. The molecule has 0 bridgehead atoms. The lowest BCUT2D eigenvalue weighted by Crippen LogP contribution is -2.47. The summed E-state index contributed by atoms with van der Waals surface area (Å²) in [5.74, 6) is -4.90. The van der Waals surface area contributed by atoms with E-state index in [9.17, 15) is 26.0 Å². The Balaban J connectivity index is 4.70. The minimum absolute atomic E-state index is 0.762. The summed E-state index contributed by atoms with van der Waals surface area (Å²) in [7, 11) is -6.16. The van der Waals surface area contributed by atoms with Crippen LogP contribution in [0, 0.1) is 0 Å². The first-order valence-electron chi connectivity index (χ1n) is 4.57. The molecular weight excluding hydrogens is 268 g/mol. The van der Waals surface area contributed by atoms with Crippen LogP contribution < -0.4 is 0 Å². The molecule has 0 radical (unpaired) electrons. The Kier molecular flexibility index (Phi) is 4.58. The van der Waals surface area contributed by atoms with Crippen molar-refractivity contribution in [1.29, 1.82) is 0 Å². The molecule has 0 unspecified atom stereocenters. The van der Waals surface area contributed by atoms with Crippen LogP contribution in [0.2, 0.25) is 0 Å². The summed E-state index contributed by atoms with van der Waals surface area (Å²) in [4.78, 5) is 0. The maximum absolute atomic E-state index is 12.9. The van der Waals surface area contributed by atoms with Crippen LogP contribution in [0.4, 0.5) is 17.6 Å². The molecule has 0 aromatic carbocycles. The molecule has 0 saturated heterocycles. The molecule has 0 saturated carbocycles.